The molecule has 1 aliphatic carbocycles. The SMILES string of the molecule is CC(C)(C)C1CCCC(C#N)(Nc2ccccc2Br)CC1. The zero-order valence-electron chi connectivity index (χ0n) is 13.2. The van der Waals surface area contributed by atoms with Crippen molar-refractivity contribution in [1.29, 1.82) is 5.26 Å². The summed E-state index contributed by atoms with van der Waals surface area (Å²) in [5, 5.41) is 13.3. The first-order valence-electron chi connectivity index (χ1n) is 7.80. The normalized spacial score (nSPS) is 26.7. The molecular weight excluding hydrogens is 324 g/mol. The fourth-order valence-corrected chi connectivity index (χ4v) is 3.68. The van der Waals surface area contributed by atoms with Crippen molar-refractivity contribution in [1.82, 2.24) is 0 Å². The van der Waals surface area contributed by atoms with Gasteiger partial charge in [0, 0.05) is 10.2 Å². The van der Waals surface area contributed by atoms with Crippen LogP contribution < -0.4 is 5.32 Å². The number of nitriles is 1. The first-order chi connectivity index (χ1) is 9.86. The molecule has 3 heteroatoms. The predicted octanol–water partition coefficient (Wildman–Crippen LogP) is 5.75. The Labute approximate surface area is 137 Å². The van der Waals surface area contributed by atoms with Gasteiger partial charge in [0.15, 0.2) is 0 Å². The number of anilines is 1. The second kappa shape index (κ2) is 6.40. The zero-order valence-corrected chi connectivity index (χ0v) is 14.8. The van der Waals surface area contributed by atoms with Crippen LogP contribution in [-0.4, -0.2) is 5.54 Å². The molecule has 0 amide bonds. The molecule has 21 heavy (non-hydrogen) atoms. The van der Waals surface area contributed by atoms with Gasteiger partial charge in [0.25, 0.3) is 0 Å². The second-order valence-corrected chi connectivity index (χ2v) is 8.15. The summed E-state index contributed by atoms with van der Waals surface area (Å²) in [6.07, 6.45) is 5.32. The molecule has 2 rings (SSSR count). The standard InChI is InChI=1S/C18H25BrN2/c1-17(2,3)14-7-6-11-18(13-20,12-10-14)21-16-9-5-4-8-15(16)19/h4-5,8-9,14,21H,6-7,10-12H2,1-3H3. The van der Waals surface area contributed by atoms with E-state index in [-0.39, 0.29) is 0 Å². The minimum Gasteiger partial charge on any atom is -0.366 e. The maximum atomic E-state index is 9.78. The fourth-order valence-electron chi connectivity index (χ4n) is 3.29. The van der Waals surface area contributed by atoms with Crippen LogP contribution in [0.3, 0.4) is 0 Å². The van der Waals surface area contributed by atoms with E-state index in [1.54, 1.807) is 0 Å². The van der Waals surface area contributed by atoms with Crippen molar-refractivity contribution in [3.63, 3.8) is 0 Å². The van der Waals surface area contributed by atoms with Gasteiger partial charge >= 0.3 is 0 Å². The zero-order chi connectivity index (χ0) is 15.5. The lowest BCUT2D eigenvalue weighted by molar-refractivity contribution is 0.213. The monoisotopic (exact) mass is 348 g/mol. The van der Waals surface area contributed by atoms with E-state index in [1.165, 1.54) is 6.42 Å². The first kappa shape index (κ1) is 16.4. The summed E-state index contributed by atoms with van der Waals surface area (Å²) in [4.78, 5) is 0. The van der Waals surface area contributed by atoms with Gasteiger partial charge < -0.3 is 5.32 Å². The highest BCUT2D eigenvalue weighted by molar-refractivity contribution is 9.10. The molecule has 1 fully saturated rings. The van der Waals surface area contributed by atoms with E-state index in [0.29, 0.717) is 11.3 Å². The number of benzene rings is 1. The van der Waals surface area contributed by atoms with Crippen LogP contribution in [0.2, 0.25) is 0 Å². The summed E-state index contributed by atoms with van der Waals surface area (Å²) >= 11 is 3.57. The summed E-state index contributed by atoms with van der Waals surface area (Å²) < 4.78 is 1.02. The van der Waals surface area contributed by atoms with E-state index in [2.05, 4.69) is 48.1 Å². The minimum atomic E-state index is -0.427. The molecular formula is C18H25BrN2. The summed E-state index contributed by atoms with van der Waals surface area (Å²) in [7, 11) is 0. The van der Waals surface area contributed by atoms with Gasteiger partial charge in [0.2, 0.25) is 0 Å². The molecule has 2 atom stereocenters. The van der Waals surface area contributed by atoms with Crippen LogP contribution in [0.1, 0.15) is 52.9 Å². The summed E-state index contributed by atoms with van der Waals surface area (Å²) in [5.74, 6) is 0.703. The van der Waals surface area contributed by atoms with E-state index >= 15 is 0 Å². The molecule has 0 radical (unpaired) electrons. The van der Waals surface area contributed by atoms with Gasteiger partial charge in [-0.2, -0.15) is 5.26 Å². The van der Waals surface area contributed by atoms with E-state index < -0.39 is 5.54 Å². The average Bonchev–Trinajstić information content (AvgIpc) is 2.64. The smallest absolute Gasteiger partial charge is 0.125 e. The minimum absolute atomic E-state index is 0.332. The van der Waals surface area contributed by atoms with E-state index in [0.717, 1.165) is 35.8 Å². The number of hydrogen-bond donors (Lipinski definition) is 1. The van der Waals surface area contributed by atoms with Gasteiger partial charge in [0.05, 0.1) is 6.07 Å². The Bertz CT molecular complexity index is 527. The molecule has 2 unspecified atom stereocenters. The van der Waals surface area contributed by atoms with Gasteiger partial charge in [-0.05, 0) is 71.5 Å². The summed E-state index contributed by atoms with van der Waals surface area (Å²) in [6, 6.07) is 10.6. The predicted molar refractivity (Wildman–Crippen MR) is 92.1 cm³/mol. The fraction of sp³-hybridized carbons (Fsp3) is 0.611. The third kappa shape index (κ3) is 4.01. The van der Waals surface area contributed by atoms with Crippen LogP contribution >= 0.6 is 15.9 Å². The Morgan fingerprint density at radius 3 is 2.57 bits per heavy atom. The van der Waals surface area contributed by atoms with Crippen molar-refractivity contribution in [3.05, 3.63) is 28.7 Å². The molecule has 0 saturated heterocycles. The Morgan fingerprint density at radius 2 is 1.95 bits per heavy atom. The first-order valence-corrected chi connectivity index (χ1v) is 8.60. The van der Waals surface area contributed by atoms with Crippen LogP contribution in [0.5, 0.6) is 0 Å². The highest BCUT2D eigenvalue weighted by Gasteiger charge is 2.36. The Morgan fingerprint density at radius 1 is 1.24 bits per heavy atom. The van der Waals surface area contributed by atoms with Crippen LogP contribution in [0.15, 0.2) is 28.7 Å². The molecule has 1 aliphatic rings. The van der Waals surface area contributed by atoms with Crippen molar-refractivity contribution < 1.29 is 0 Å². The maximum absolute atomic E-state index is 9.78. The van der Waals surface area contributed by atoms with Crippen LogP contribution in [-0.2, 0) is 0 Å². The van der Waals surface area contributed by atoms with Gasteiger partial charge in [-0.3, -0.25) is 0 Å². The maximum Gasteiger partial charge on any atom is 0.125 e. The molecule has 0 aliphatic heterocycles. The van der Waals surface area contributed by atoms with Crippen LogP contribution in [0.25, 0.3) is 0 Å². The van der Waals surface area contributed by atoms with Crippen molar-refractivity contribution in [3.8, 4) is 6.07 Å². The Kier molecular flexibility index (Phi) is 4.99. The number of rotatable bonds is 2. The van der Waals surface area contributed by atoms with E-state index in [1.807, 2.05) is 24.3 Å². The molecule has 1 aromatic rings. The average molecular weight is 349 g/mol. The molecule has 1 N–H and O–H groups in total. The molecule has 1 aromatic carbocycles. The molecule has 114 valence electrons. The molecule has 0 aromatic heterocycles. The molecule has 0 heterocycles. The third-order valence-corrected chi connectivity index (χ3v) is 5.45. The van der Waals surface area contributed by atoms with E-state index in [9.17, 15) is 5.26 Å². The lowest BCUT2D eigenvalue weighted by Crippen LogP contribution is -2.36. The molecule has 2 nitrogen and oxygen atoms in total. The summed E-state index contributed by atoms with van der Waals surface area (Å²) in [6.45, 7) is 6.95. The van der Waals surface area contributed by atoms with Crippen molar-refractivity contribution >= 4 is 21.6 Å². The van der Waals surface area contributed by atoms with Gasteiger partial charge in [-0.1, -0.05) is 32.9 Å². The molecule has 1 saturated carbocycles. The second-order valence-electron chi connectivity index (χ2n) is 7.29. The quantitative estimate of drug-likeness (QED) is 0.690. The lowest BCUT2D eigenvalue weighted by atomic mass is 9.76. The van der Waals surface area contributed by atoms with Crippen LogP contribution in [0.4, 0.5) is 5.69 Å². The van der Waals surface area contributed by atoms with Crippen molar-refractivity contribution in [2.45, 2.75) is 58.4 Å². The summed E-state index contributed by atoms with van der Waals surface area (Å²) in [5.41, 5.74) is 0.927. The highest BCUT2D eigenvalue weighted by atomic mass is 79.9. The Hall–Kier alpha value is -1.01. The number of nitrogens with one attached hydrogen (secondary N) is 1. The van der Waals surface area contributed by atoms with Gasteiger partial charge in [0.1, 0.15) is 5.54 Å². The van der Waals surface area contributed by atoms with Gasteiger partial charge in [-0.15, -0.1) is 0 Å². The lowest BCUT2D eigenvalue weighted by Gasteiger charge is -2.31. The van der Waals surface area contributed by atoms with E-state index in [4.69, 9.17) is 0 Å². The Balaban J connectivity index is 2.16. The largest absolute Gasteiger partial charge is 0.366 e. The number of para-hydroxylation sites is 1. The van der Waals surface area contributed by atoms with Crippen molar-refractivity contribution in [2.75, 3.05) is 5.32 Å². The van der Waals surface area contributed by atoms with Crippen LogP contribution in [0, 0.1) is 22.7 Å². The topological polar surface area (TPSA) is 35.8 Å². The number of halogens is 1. The van der Waals surface area contributed by atoms with Gasteiger partial charge in [-0.25, -0.2) is 0 Å². The third-order valence-electron chi connectivity index (χ3n) is 4.76. The highest BCUT2D eigenvalue weighted by Crippen LogP contribution is 2.41. The molecule has 0 bridgehead atoms. The molecule has 0 spiro atoms. The van der Waals surface area contributed by atoms with Crippen molar-refractivity contribution in [2.24, 2.45) is 11.3 Å². The number of hydrogen-bond acceptors (Lipinski definition) is 2. The number of nitrogens with zero attached hydrogens (tertiary/aromatic N) is 1.